The molecule has 0 bridgehead atoms. The molecule has 3 rings (SSSR count). The third-order valence-electron chi connectivity index (χ3n) is 3.00. The van der Waals surface area contributed by atoms with E-state index in [1.165, 1.54) is 5.56 Å². The highest BCUT2D eigenvalue weighted by atomic mass is 35.5. The molecule has 100 valence electrons. The fourth-order valence-corrected chi connectivity index (χ4v) is 2.18. The van der Waals surface area contributed by atoms with E-state index >= 15 is 0 Å². The molecule has 0 aliphatic heterocycles. The lowest BCUT2D eigenvalue weighted by Crippen LogP contribution is -2.04. The van der Waals surface area contributed by atoms with Crippen molar-refractivity contribution in [2.75, 3.05) is 0 Å². The molecule has 0 unspecified atom stereocenters. The average Bonchev–Trinajstić information content (AvgIpc) is 2.90. The van der Waals surface area contributed by atoms with Crippen molar-refractivity contribution in [1.82, 2.24) is 20.2 Å². The second-order valence-electron chi connectivity index (χ2n) is 4.60. The molecule has 20 heavy (non-hydrogen) atoms. The van der Waals surface area contributed by atoms with E-state index in [2.05, 4.69) is 15.4 Å². The lowest BCUT2D eigenvalue weighted by Gasteiger charge is -2.01. The normalized spacial score (nSPS) is 10.7. The first kappa shape index (κ1) is 12.8. The summed E-state index contributed by atoms with van der Waals surface area (Å²) in [4.78, 5) is 1.55. The summed E-state index contributed by atoms with van der Waals surface area (Å²) in [7, 11) is 0. The Morgan fingerprint density at radius 1 is 1.10 bits per heavy atom. The number of aryl methyl sites for hydroxylation is 1. The van der Waals surface area contributed by atoms with Gasteiger partial charge in [0.15, 0.2) is 0 Å². The quantitative estimate of drug-likeness (QED) is 0.741. The molecule has 0 spiro atoms. The van der Waals surface area contributed by atoms with Gasteiger partial charge in [-0.15, -0.1) is 10.2 Å². The third kappa shape index (κ3) is 2.70. The second-order valence-corrected chi connectivity index (χ2v) is 5.01. The van der Waals surface area contributed by atoms with Crippen LogP contribution in [0.15, 0.2) is 48.5 Å². The summed E-state index contributed by atoms with van der Waals surface area (Å²) in [6.07, 6.45) is 0. The summed E-state index contributed by atoms with van der Waals surface area (Å²) in [6, 6.07) is 15.7. The number of benzene rings is 2. The highest BCUT2D eigenvalue weighted by Gasteiger charge is 2.07. The number of nitrogens with zero attached hydrogens (tertiary/aromatic N) is 4. The summed E-state index contributed by atoms with van der Waals surface area (Å²) < 4.78 is 0. The van der Waals surface area contributed by atoms with E-state index in [4.69, 9.17) is 11.6 Å². The maximum absolute atomic E-state index is 6.13. The first-order chi connectivity index (χ1) is 9.72. The highest BCUT2D eigenvalue weighted by Crippen LogP contribution is 2.17. The molecule has 0 aliphatic carbocycles. The second kappa shape index (κ2) is 5.43. The van der Waals surface area contributed by atoms with Crippen molar-refractivity contribution in [3.8, 4) is 11.4 Å². The lowest BCUT2D eigenvalue weighted by atomic mass is 10.1. The van der Waals surface area contributed by atoms with Gasteiger partial charge in [-0.1, -0.05) is 53.6 Å². The minimum Gasteiger partial charge on any atom is -0.159 e. The van der Waals surface area contributed by atoms with E-state index < -0.39 is 0 Å². The van der Waals surface area contributed by atoms with Gasteiger partial charge in [-0.2, -0.15) is 4.80 Å². The summed E-state index contributed by atoms with van der Waals surface area (Å²) in [5, 5.41) is 13.3. The molecule has 1 aromatic heterocycles. The minimum absolute atomic E-state index is 0.512. The van der Waals surface area contributed by atoms with Crippen molar-refractivity contribution in [2.45, 2.75) is 13.5 Å². The maximum Gasteiger partial charge on any atom is 0.204 e. The van der Waals surface area contributed by atoms with E-state index in [0.29, 0.717) is 17.4 Å². The fraction of sp³-hybridized carbons (Fsp3) is 0.133. The third-order valence-corrected chi connectivity index (χ3v) is 3.37. The zero-order valence-corrected chi connectivity index (χ0v) is 11.7. The van der Waals surface area contributed by atoms with Crippen LogP contribution in [0.2, 0.25) is 5.02 Å². The van der Waals surface area contributed by atoms with Crippen LogP contribution in [0, 0.1) is 6.92 Å². The van der Waals surface area contributed by atoms with Crippen molar-refractivity contribution in [2.24, 2.45) is 0 Å². The van der Waals surface area contributed by atoms with Crippen molar-refractivity contribution in [1.29, 1.82) is 0 Å². The van der Waals surface area contributed by atoms with Crippen LogP contribution >= 0.6 is 11.6 Å². The van der Waals surface area contributed by atoms with E-state index in [-0.39, 0.29) is 0 Å². The molecule has 2 aromatic carbocycles. The van der Waals surface area contributed by atoms with Gasteiger partial charge in [0.05, 0.1) is 6.54 Å². The Hall–Kier alpha value is -2.20. The van der Waals surface area contributed by atoms with Gasteiger partial charge in [0.1, 0.15) is 0 Å². The first-order valence-electron chi connectivity index (χ1n) is 6.30. The summed E-state index contributed by atoms with van der Waals surface area (Å²) >= 11 is 6.13. The van der Waals surface area contributed by atoms with Gasteiger partial charge >= 0.3 is 0 Å². The van der Waals surface area contributed by atoms with E-state index in [1.807, 2.05) is 55.5 Å². The standard InChI is InChI=1S/C15H13ClN4/c1-11-5-4-7-12(9-11)15-17-19-20(18-15)10-13-6-2-3-8-14(13)16/h2-9H,10H2,1H3. The zero-order chi connectivity index (χ0) is 13.9. The molecule has 0 fully saturated rings. The van der Waals surface area contributed by atoms with E-state index in [9.17, 15) is 0 Å². The molecule has 0 saturated heterocycles. The SMILES string of the molecule is Cc1cccc(-c2nnn(Cc3ccccc3Cl)n2)c1. The molecular formula is C15H13ClN4. The molecule has 3 aromatic rings. The molecule has 0 radical (unpaired) electrons. The zero-order valence-electron chi connectivity index (χ0n) is 11.0. The van der Waals surface area contributed by atoms with Crippen LogP contribution in [0.3, 0.4) is 0 Å². The highest BCUT2D eigenvalue weighted by molar-refractivity contribution is 6.31. The average molecular weight is 285 g/mol. The Morgan fingerprint density at radius 3 is 2.75 bits per heavy atom. The Labute approximate surface area is 122 Å². The molecule has 4 nitrogen and oxygen atoms in total. The lowest BCUT2D eigenvalue weighted by molar-refractivity contribution is 0.573. The number of hydrogen-bond acceptors (Lipinski definition) is 3. The smallest absolute Gasteiger partial charge is 0.159 e. The predicted molar refractivity (Wildman–Crippen MR) is 78.5 cm³/mol. The molecule has 0 saturated carbocycles. The predicted octanol–water partition coefficient (Wildman–Crippen LogP) is 3.35. The molecule has 0 aliphatic rings. The van der Waals surface area contributed by atoms with E-state index in [1.54, 1.807) is 4.80 Å². The first-order valence-corrected chi connectivity index (χ1v) is 6.68. The molecular weight excluding hydrogens is 272 g/mol. The summed E-state index contributed by atoms with van der Waals surface area (Å²) in [5.41, 5.74) is 3.11. The number of rotatable bonds is 3. The van der Waals surface area contributed by atoms with Crippen LogP contribution in [-0.4, -0.2) is 20.2 Å². The topological polar surface area (TPSA) is 43.6 Å². The fourth-order valence-electron chi connectivity index (χ4n) is 1.99. The largest absolute Gasteiger partial charge is 0.204 e. The Morgan fingerprint density at radius 2 is 1.95 bits per heavy atom. The molecule has 0 atom stereocenters. The van der Waals surface area contributed by atoms with Crippen LogP contribution < -0.4 is 0 Å². The van der Waals surface area contributed by atoms with Crippen LogP contribution in [0.5, 0.6) is 0 Å². The molecule has 5 heteroatoms. The van der Waals surface area contributed by atoms with Crippen molar-refractivity contribution >= 4 is 11.6 Å². The van der Waals surface area contributed by atoms with Gasteiger partial charge in [0, 0.05) is 10.6 Å². The van der Waals surface area contributed by atoms with Gasteiger partial charge in [-0.05, 0) is 29.8 Å². The monoisotopic (exact) mass is 284 g/mol. The Balaban J connectivity index is 1.86. The van der Waals surface area contributed by atoms with Crippen LogP contribution in [-0.2, 0) is 6.54 Å². The van der Waals surface area contributed by atoms with Gasteiger partial charge in [0.2, 0.25) is 5.82 Å². The number of aromatic nitrogens is 4. The maximum atomic E-state index is 6.13. The van der Waals surface area contributed by atoms with Crippen LogP contribution in [0.25, 0.3) is 11.4 Å². The summed E-state index contributed by atoms with van der Waals surface area (Å²) in [6.45, 7) is 2.55. The number of halogens is 1. The Bertz CT molecular complexity index is 736. The van der Waals surface area contributed by atoms with E-state index in [0.717, 1.165) is 11.1 Å². The molecule has 1 heterocycles. The summed E-state index contributed by atoms with van der Waals surface area (Å²) in [5.74, 6) is 0.626. The molecule has 0 N–H and O–H groups in total. The van der Waals surface area contributed by atoms with Crippen molar-refractivity contribution < 1.29 is 0 Å². The van der Waals surface area contributed by atoms with Gasteiger partial charge in [-0.25, -0.2) is 0 Å². The number of tetrazole rings is 1. The number of hydrogen-bond donors (Lipinski definition) is 0. The van der Waals surface area contributed by atoms with Gasteiger partial charge in [0.25, 0.3) is 0 Å². The van der Waals surface area contributed by atoms with Gasteiger partial charge in [-0.3, -0.25) is 0 Å². The Kier molecular flexibility index (Phi) is 3.48. The van der Waals surface area contributed by atoms with Crippen LogP contribution in [0.4, 0.5) is 0 Å². The van der Waals surface area contributed by atoms with Gasteiger partial charge < -0.3 is 0 Å². The molecule has 0 amide bonds. The van der Waals surface area contributed by atoms with Crippen LogP contribution in [0.1, 0.15) is 11.1 Å². The van der Waals surface area contributed by atoms with Crippen molar-refractivity contribution in [3.05, 3.63) is 64.7 Å². The van der Waals surface area contributed by atoms with Crippen molar-refractivity contribution in [3.63, 3.8) is 0 Å². The minimum atomic E-state index is 0.512.